The molecule has 8 aromatic rings. The molecular formula is C47H38N4. The fraction of sp³-hybridized carbons (Fsp3) is 0.106. The largest absolute Gasteiger partial charge is 0.373 e. The maximum absolute atomic E-state index is 5.11. The fourth-order valence-corrected chi connectivity index (χ4v) is 8.13. The number of rotatable bonds is 5. The van der Waals surface area contributed by atoms with E-state index in [4.69, 9.17) is 9.98 Å². The highest BCUT2D eigenvalue weighted by Crippen LogP contribution is 2.56. The topological polar surface area (TPSA) is 41.7 Å². The van der Waals surface area contributed by atoms with Crippen molar-refractivity contribution >= 4 is 44.2 Å². The van der Waals surface area contributed by atoms with Gasteiger partial charge in [0.2, 0.25) is 0 Å². The number of nitrogens with one attached hydrogen (secondary N) is 1. The molecule has 7 aromatic carbocycles. The summed E-state index contributed by atoms with van der Waals surface area (Å²) < 4.78 is 2.49. The SMILES string of the molecule is CN/C(=N\C(=N/Cc1ccccc1)c1ccc(-n2c3ccccc3c3c4ccccc4c4c(c32)C(C)(C)c2ccccc2-4)cc1)c1ccccc1. The standard InChI is InChI=1S/C47H38N4/c1-47(2)39-24-14-12-22-37(39)41-35-20-10-11-21-36(35)42-38-23-13-15-25-40(38)51(44(42)43(41)47)34-28-26-33(27-29-34)46(49-30-31-16-6-4-7-17-31)50-45(48-3)32-18-8-5-9-19-32/h4-29H,30H2,1-3H3,(H,48,49,50). The Labute approximate surface area is 298 Å². The number of benzene rings is 7. The molecule has 0 fully saturated rings. The lowest BCUT2D eigenvalue weighted by atomic mass is 9.80. The van der Waals surface area contributed by atoms with Gasteiger partial charge in [-0.05, 0) is 68.9 Å². The molecule has 0 saturated heterocycles. The number of amidine groups is 2. The van der Waals surface area contributed by atoms with Crippen LogP contribution in [0, 0.1) is 0 Å². The molecular weight excluding hydrogens is 621 g/mol. The Kier molecular flexibility index (Phi) is 7.40. The molecule has 1 N–H and O–H groups in total. The Hall–Kier alpha value is -6.26. The van der Waals surface area contributed by atoms with Crippen LogP contribution in [0.15, 0.2) is 168 Å². The second-order valence-corrected chi connectivity index (χ2v) is 13.8. The second-order valence-electron chi connectivity index (χ2n) is 13.8. The Morgan fingerprint density at radius 2 is 1.25 bits per heavy atom. The van der Waals surface area contributed by atoms with Gasteiger partial charge in [0.25, 0.3) is 0 Å². The van der Waals surface area contributed by atoms with E-state index in [9.17, 15) is 0 Å². The van der Waals surface area contributed by atoms with Crippen molar-refractivity contribution in [2.45, 2.75) is 25.8 Å². The summed E-state index contributed by atoms with van der Waals surface area (Å²) in [5.41, 5.74) is 12.0. The summed E-state index contributed by atoms with van der Waals surface area (Å²) >= 11 is 0. The lowest BCUT2D eigenvalue weighted by molar-refractivity contribution is 0.664. The molecule has 4 heteroatoms. The van der Waals surface area contributed by atoms with E-state index in [2.05, 4.69) is 157 Å². The third-order valence-electron chi connectivity index (χ3n) is 10.5. The van der Waals surface area contributed by atoms with Gasteiger partial charge in [-0.15, -0.1) is 0 Å². The first kappa shape index (κ1) is 30.8. The molecule has 0 amide bonds. The van der Waals surface area contributed by atoms with Gasteiger partial charge in [0, 0.05) is 40.0 Å². The summed E-state index contributed by atoms with van der Waals surface area (Å²) in [5, 5.41) is 8.48. The summed E-state index contributed by atoms with van der Waals surface area (Å²) in [7, 11) is 1.91. The second kappa shape index (κ2) is 12.3. The monoisotopic (exact) mass is 658 g/mol. The van der Waals surface area contributed by atoms with E-state index in [1.807, 2.05) is 31.3 Å². The van der Waals surface area contributed by atoms with Crippen molar-refractivity contribution in [3.8, 4) is 16.8 Å². The Morgan fingerprint density at radius 3 is 2.00 bits per heavy atom. The van der Waals surface area contributed by atoms with Gasteiger partial charge in [-0.25, -0.2) is 4.99 Å². The van der Waals surface area contributed by atoms with Crippen molar-refractivity contribution in [3.05, 3.63) is 186 Å². The predicted octanol–water partition coefficient (Wildman–Crippen LogP) is 10.9. The van der Waals surface area contributed by atoms with Crippen LogP contribution in [0.5, 0.6) is 0 Å². The Balaban J connectivity index is 1.27. The third-order valence-corrected chi connectivity index (χ3v) is 10.5. The summed E-state index contributed by atoms with van der Waals surface area (Å²) in [5.74, 6) is 1.46. The number of nitrogens with zero attached hydrogens (tertiary/aromatic N) is 3. The molecule has 0 bridgehead atoms. The number of hydrogen-bond acceptors (Lipinski definition) is 1. The maximum Gasteiger partial charge on any atom is 0.157 e. The zero-order valence-corrected chi connectivity index (χ0v) is 29.1. The molecule has 0 spiro atoms. The number of aromatic nitrogens is 1. The van der Waals surface area contributed by atoms with Gasteiger partial charge >= 0.3 is 0 Å². The van der Waals surface area contributed by atoms with Crippen molar-refractivity contribution in [1.29, 1.82) is 0 Å². The van der Waals surface area contributed by atoms with E-state index in [0.717, 1.165) is 28.2 Å². The van der Waals surface area contributed by atoms with E-state index < -0.39 is 0 Å². The van der Waals surface area contributed by atoms with Crippen molar-refractivity contribution in [2.75, 3.05) is 7.05 Å². The first-order chi connectivity index (χ1) is 25.0. The van der Waals surface area contributed by atoms with Gasteiger partial charge in [-0.1, -0.05) is 141 Å². The average Bonchev–Trinajstić information content (AvgIpc) is 3.65. The average molecular weight is 659 g/mol. The highest BCUT2D eigenvalue weighted by atomic mass is 15.0. The number of fused-ring (bicyclic) bond motifs is 10. The molecule has 1 heterocycles. The Bertz CT molecular complexity index is 2640. The first-order valence-electron chi connectivity index (χ1n) is 17.6. The highest BCUT2D eigenvalue weighted by molar-refractivity contribution is 6.27. The molecule has 0 aliphatic heterocycles. The molecule has 0 radical (unpaired) electrons. The normalized spacial score (nSPS) is 13.9. The van der Waals surface area contributed by atoms with Crippen LogP contribution in [0.25, 0.3) is 49.4 Å². The van der Waals surface area contributed by atoms with E-state index in [1.54, 1.807) is 0 Å². The molecule has 0 atom stereocenters. The molecule has 0 unspecified atom stereocenters. The smallest absolute Gasteiger partial charge is 0.157 e. The van der Waals surface area contributed by atoms with Gasteiger partial charge in [0.05, 0.1) is 17.6 Å². The van der Waals surface area contributed by atoms with Gasteiger partial charge in [-0.2, -0.15) is 0 Å². The van der Waals surface area contributed by atoms with Gasteiger partial charge < -0.3 is 9.88 Å². The van der Waals surface area contributed by atoms with E-state index >= 15 is 0 Å². The quantitative estimate of drug-likeness (QED) is 0.145. The van der Waals surface area contributed by atoms with Crippen LogP contribution in [0.2, 0.25) is 0 Å². The van der Waals surface area contributed by atoms with E-state index in [-0.39, 0.29) is 5.41 Å². The lowest BCUT2D eigenvalue weighted by Gasteiger charge is -2.24. The molecule has 1 aliphatic rings. The zero-order chi connectivity index (χ0) is 34.5. The predicted molar refractivity (Wildman–Crippen MR) is 215 cm³/mol. The molecule has 9 rings (SSSR count). The van der Waals surface area contributed by atoms with Gasteiger partial charge in [0.1, 0.15) is 5.84 Å². The first-order valence-corrected chi connectivity index (χ1v) is 17.6. The number of para-hydroxylation sites is 1. The van der Waals surface area contributed by atoms with Crippen molar-refractivity contribution < 1.29 is 0 Å². The van der Waals surface area contributed by atoms with Gasteiger partial charge in [-0.3, -0.25) is 4.99 Å². The van der Waals surface area contributed by atoms with Crippen LogP contribution in [-0.2, 0) is 12.0 Å². The van der Waals surface area contributed by atoms with Crippen molar-refractivity contribution in [3.63, 3.8) is 0 Å². The number of aliphatic imine (C=N–C) groups is 2. The summed E-state index contributed by atoms with van der Waals surface area (Å²) in [6.07, 6.45) is 0. The molecule has 4 nitrogen and oxygen atoms in total. The molecule has 246 valence electrons. The molecule has 51 heavy (non-hydrogen) atoms. The lowest BCUT2D eigenvalue weighted by Crippen LogP contribution is -2.21. The van der Waals surface area contributed by atoms with Crippen LogP contribution in [0.1, 0.15) is 41.7 Å². The van der Waals surface area contributed by atoms with Crippen LogP contribution < -0.4 is 5.32 Å². The Morgan fingerprint density at radius 1 is 0.627 bits per heavy atom. The van der Waals surface area contributed by atoms with Crippen LogP contribution in [-0.4, -0.2) is 23.3 Å². The maximum atomic E-state index is 5.11. The van der Waals surface area contributed by atoms with E-state index in [0.29, 0.717) is 12.4 Å². The minimum atomic E-state index is -0.187. The zero-order valence-electron chi connectivity index (χ0n) is 29.1. The summed E-state index contributed by atoms with van der Waals surface area (Å²) in [6.45, 7) is 5.31. The molecule has 1 aromatic heterocycles. The highest BCUT2D eigenvalue weighted by Gasteiger charge is 2.40. The minimum absolute atomic E-state index is 0.187. The van der Waals surface area contributed by atoms with Gasteiger partial charge in [0.15, 0.2) is 5.84 Å². The van der Waals surface area contributed by atoms with Crippen LogP contribution in [0.4, 0.5) is 0 Å². The van der Waals surface area contributed by atoms with Crippen LogP contribution in [0.3, 0.4) is 0 Å². The summed E-state index contributed by atoms with van der Waals surface area (Å²) in [6, 6.07) is 56.1. The van der Waals surface area contributed by atoms with Crippen LogP contribution >= 0.6 is 0 Å². The molecule has 1 aliphatic carbocycles. The summed E-state index contributed by atoms with van der Waals surface area (Å²) in [4.78, 5) is 10.2. The molecule has 0 saturated carbocycles. The van der Waals surface area contributed by atoms with E-state index in [1.165, 1.54) is 54.8 Å². The number of hydrogen-bond donors (Lipinski definition) is 1. The van der Waals surface area contributed by atoms with Crippen molar-refractivity contribution in [2.24, 2.45) is 9.98 Å². The minimum Gasteiger partial charge on any atom is -0.373 e. The fourth-order valence-electron chi connectivity index (χ4n) is 8.13. The van der Waals surface area contributed by atoms with Crippen molar-refractivity contribution in [1.82, 2.24) is 9.88 Å². The third kappa shape index (κ3) is 4.98.